The molecule has 1 aliphatic heterocycles. The number of benzene rings is 1. The van der Waals surface area contributed by atoms with Gasteiger partial charge in [0, 0.05) is 11.9 Å². The van der Waals surface area contributed by atoms with E-state index in [1.54, 1.807) is 6.26 Å². The molecular formula is C19H21N3O2. The lowest BCUT2D eigenvalue weighted by Gasteiger charge is -2.37. The molecule has 1 aliphatic rings. The number of nitrogens with zero attached hydrogens (tertiary/aromatic N) is 2. The number of hydrogen-bond donors (Lipinski definition) is 1. The third kappa shape index (κ3) is 2.70. The Morgan fingerprint density at radius 2 is 2.21 bits per heavy atom. The number of para-hydroxylation sites is 1. The van der Waals surface area contributed by atoms with Crippen LogP contribution in [0.1, 0.15) is 37.3 Å². The van der Waals surface area contributed by atoms with Gasteiger partial charge < -0.3 is 9.32 Å². The molecule has 1 N–H and O–H groups in total. The number of furan rings is 1. The molecule has 5 heteroatoms. The predicted octanol–water partition coefficient (Wildman–Crippen LogP) is 3.70. The van der Waals surface area contributed by atoms with Crippen LogP contribution in [-0.2, 0) is 11.2 Å². The number of piperidine rings is 1. The average Bonchev–Trinajstić information content (AvgIpc) is 3.25. The van der Waals surface area contributed by atoms with E-state index in [1.807, 2.05) is 41.3 Å². The summed E-state index contributed by atoms with van der Waals surface area (Å²) >= 11 is 0. The van der Waals surface area contributed by atoms with Crippen molar-refractivity contribution in [1.29, 1.82) is 0 Å². The van der Waals surface area contributed by atoms with Gasteiger partial charge in [0.25, 0.3) is 0 Å². The van der Waals surface area contributed by atoms with Gasteiger partial charge in [-0.1, -0.05) is 25.1 Å². The van der Waals surface area contributed by atoms with Gasteiger partial charge in [0.05, 0.1) is 29.9 Å². The molecule has 5 nitrogen and oxygen atoms in total. The summed E-state index contributed by atoms with van der Waals surface area (Å²) in [5, 5.41) is 8.32. The number of fused-ring (bicyclic) bond motifs is 1. The zero-order valence-electron chi connectivity index (χ0n) is 13.7. The first-order valence-electron chi connectivity index (χ1n) is 8.47. The van der Waals surface area contributed by atoms with Crippen LogP contribution in [0.4, 0.5) is 0 Å². The van der Waals surface area contributed by atoms with E-state index in [2.05, 4.69) is 17.1 Å². The lowest BCUT2D eigenvalue weighted by Crippen LogP contribution is -2.41. The molecule has 0 saturated carbocycles. The van der Waals surface area contributed by atoms with Crippen molar-refractivity contribution in [1.82, 2.24) is 15.1 Å². The molecule has 24 heavy (non-hydrogen) atoms. The molecule has 0 radical (unpaired) electrons. The minimum atomic E-state index is 0.0328. The van der Waals surface area contributed by atoms with Crippen molar-refractivity contribution in [2.75, 3.05) is 6.54 Å². The Hall–Kier alpha value is -2.56. The zero-order chi connectivity index (χ0) is 16.5. The standard InChI is InChI=1S/C19H21N3O2/c1-13-8-9-22(17(11-13)18-7-4-10-24-18)19(23)12-16-14-5-2-3-6-15(14)20-21-16/h2-7,10,13,17H,8-9,11-12H2,1H3,(H,20,21). The van der Waals surface area contributed by atoms with E-state index in [0.29, 0.717) is 12.3 Å². The smallest absolute Gasteiger partial charge is 0.229 e. The number of H-pyrrole nitrogens is 1. The fourth-order valence-electron chi connectivity index (χ4n) is 3.59. The van der Waals surface area contributed by atoms with Crippen LogP contribution in [0.3, 0.4) is 0 Å². The summed E-state index contributed by atoms with van der Waals surface area (Å²) in [6, 6.07) is 11.8. The molecule has 3 aromatic rings. The first-order valence-corrected chi connectivity index (χ1v) is 8.47. The van der Waals surface area contributed by atoms with Crippen LogP contribution >= 0.6 is 0 Å². The molecule has 2 unspecified atom stereocenters. The molecule has 1 fully saturated rings. The highest BCUT2D eigenvalue weighted by Crippen LogP contribution is 2.34. The number of amides is 1. The fourth-order valence-corrected chi connectivity index (χ4v) is 3.59. The molecule has 1 amide bonds. The summed E-state index contributed by atoms with van der Waals surface area (Å²) in [5.74, 6) is 1.60. The average molecular weight is 323 g/mol. The summed E-state index contributed by atoms with van der Waals surface area (Å²) < 4.78 is 5.59. The number of aromatic amines is 1. The second-order valence-electron chi connectivity index (χ2n) is 6.64. The van der Waals surface area contributed by atoms with E-state index in [9.17, 15) is 4.79 Å². The van der Waals surface area contributed by atoms with E-state index >= 15 is 0 Å². The topological polar surface area (TPSA) is 62.1 Å². The molecule has 124 valence electrons. The van der Waals surface area contributed by atoms with Crippen LogP contribution in [0.2, 0.25) is 0 Å². The molecule has 2 atom stereocenters. The monoisotopic (exact) mass is 323 g/mol. The van der Waals surface area contributed by atoms with Gasteiger partial charge >= 0.3 is 0 Å². The van der Waals surface area contributed by atoms with Crippen LogP contribution in [-0.4, -0.2) is 27.5 Å². The van der Waals surface area contributed by atoms with E-state index < -0.39 is 0 Å². The summed E-state index contributed by atoms with van der Waals surface area (Å²) in [7, 11) is 0. The van der Waals surface area contributed by atoms with Crippen molar-refractivity contribution in [3.8, 4) is 0 Å². The maximum Gasteiger partial charge on any atom is 0.229 e. The Morgan fingerprint density at radius 1 is 1.33 bits per heavy atom. The van der Waals surface area contributed by atoms with E-state index in [1.165, 1.54) is 0 Å². The Morgan fingerprint density at radius 3 is 3.04 bits per heavy atom. The minimum absolute atomic E-state index is 0.0328. The maximum atomic E-state index is 13.0. The lowest BCUT2D eigenvalue weighted by molar-refractivity contribution is -0.135. The van der Waals surface area contributed by atoms with E-state index in [-0.39, 0.29) is 11.9 Å². The molecular weight excluding hydrogens is 302 g/mol. The quantitative estimate of drug-likeness (QED) is 0.799. The molecule has 2 aromatic heterocycles. The second kappa shape index (κ2) is 6.15. The highest BCUT2D eigenvalue weighted by Gasteiger charge is 2.32. The molecule has 0 aliphatic carbocycles. The second-order valence-corrected chi connectivity index (χ2v) is 6.64. The van der Waals surface area contributed by atoms with Crippen LogP contribution in [0, 0.1) is 5.92 Å². The first kappa shape index (κ1) is 15.0. The zero-order valence-corrected chi connectivity index (χ0v) is 13.7. The number of aromatic nitrogens is 2. The Labute approximate surface area is 140 Å². The Bertz CT molecular complexity index is 837. The molecule has 1 saturated heterocycles. The number of nitrogens with one attached hydrogen (secondary N) is 1. The third-order valence-corrected chi connectivity index (χ3v) is 4.93. The number of rotatable bonds is 3. The summed E-state index contributed by atoms with van der Waals surface area (Å²) in [5.41, 5.74) is 1.78. The largest absolute Gasteiger partial charge is 0.467 e. The molecule has 1 aromatic carbocycles. The normalized spacial score (nSPS) is 21.3. The molecule has 0 spiro atoms. The third-order valence-electron chi connectivity index (χ3n) is 4.93. The van der Waals surface area contributed by atoms with Crippen molar-refractivity contribution >= 4 is 16.8 Å². The van der Waals surface area contributed by atoms with Gasteiger partial charge in [-0.15, -0.1) is 0 Å². The van der Waals surface area contributed by atoms with Gasteiger partial charge in [-0.3, -0.25) is 9.89 Å². The van der Waals surface area contributed by atoms with E-state index in [0.717, 1.165) is 41.7 Å². The summed E-state index contributed by atoms with van der Waals surface area (Å²) in [4.78, 5) is 14.9. The highest BCUT2D eigenvalue weighted by atomic mass is 16.3. The predicted molar refractivity (Wildman–Crippen MR) is 91.4 cm³/mol. The highest BCUT2D eigenvalue weighted by molar-refractivity contribution is 5.87. The van der Waals surface area contributed by atoms with Crippen LogP contribution in [0.5, 0.6) is 0 Å². The van der Waals surface area contributed by atoms with Crippen LogP contribution in [0.25, 0.3) is 10.9 Å². The van der Waals surface area contributed by atoms with Crippen molar-refractivity contribution < 1.29 is 9.21 Å². The number of carbonyl (C=O) groups excluding carboxylic acids is 1. The fraction of sp³-hybridized carbons (Fsp3) is 0.368. The van der Waals surface area contributed by atoms with Gasteiger partial charge in [0.15, 0.2) is 0 Å². The van der Waals surface area contributed by atoms with Gasteiger partial charge in [0.2, 0.25) is 5.91 Å². The van der Waals surface area contributed by atoms with Crippen molar-refractivity contribution in [2.45, 2.75) is 32.2 Å². The number of hydrogen-bond acceptors (Lipinski definition) is 3. The van der Waals surface area contributed by atoms with Gasteiger partial charge in [-0.25, -0.2) is 0 Å². The maximum absolute atomic E-state index is 13.0. The van der Waals surface area contributed by atoms with Gasteiger partial charge in [0.1, 0.15) is 5.76 Å². The SMILES string of the molecule is CC1CCN(C(=O)Cc2[nH]nc3ccccc23)C(c2ccco2)C1. The molecule has 0 bridgehead atoms. The van der Waals surface area contributed by atoms with Crippen molar-refractivity contribution in [3.63, 3.8) is 0 Å². The van der Waals surface area contributed by atoms with E-state index in [4.69, 9.17) is 4.42 Å². The van der Waals surface area contributed by atoms with Gasteiger partial charge in [-0.05, 0) is 37.0 Å². The summed E-state index contributed by atoms with van der Waals surface area (Å²) in [6.45, 7) is 3.01. The molecule has 3 heterocycles. The Balaban J connectivity index is 1.58. The minimum Gasteiger partial charge on any atom is -0.467 e. The lowest BCUT2D eigenvalue weighted by atomic mass is 9.90. The Kier molecular flexibility index (Phi) is 3.84. The van der Waals surface area contributed by atoms with Crippen LogP contribution in [0.15, 0.2) is 47.1 Å². The number of likely N-dealkylation sites (tertiary alicyclic amines) is 1. The molecule has 4 rings (SSSR count). The van der Waals surface area contributed by atoms with Crippen molar-refractivity contribution in [3.05, 3.63) is 54.1 Å². The van der Waals surface area contributed by atoms with Gasteiger partial charge in [-0.2, -0.15) is 5.10 Å². The van der Waals surface area contributed by atoms with Crippen molar-refractivity contribution in [2.24, 2.45) is 5.92 Å². The van der Waals surface area contributed by atoms with Crippen LogP contribution < -0.4 is 0 Å². The summed E-state index contributed by atoms with van der Waals surface area (Å²) in [6.07, 6.45) is 4.00. The number of carbonyl (C=O) groups is 1. The first-order chi connectivity index (χ1) is 11.7.